The molecule has 2 heterocycles. The van der Waals surface area contributed by atoms with Crippen LogP contribution < -0.4 is 10.6 Å². The van der Waals surface area contributed by atoms with E-state index in [0.29, 0.717) is 13.2 Å². The Hall–Kier alpha value is -1.34. The highest BCUT2D eigenvalue weighted by molar-refractivity contribution is 9.11. The van der Waals surface area contributed by atoms with Crippen LogP contribution in [-0.4, -0.2) is 35.0 Å². The maximum absolute atomic E-state index is 11.7. The van der Waals surface area contributed by atoms with Crippen LogP contribution in [-0.2, 0) is 11.8 Å². The van der Waals surface area contributed by atoms with Crippen LogP contribution in [0.3, 0.4) is 0 Å². The second-order valence-corrected chi connectivity index (χ2v) is 5.60. The molecule has 0 aliphatic carbocycles. The van der Waals surface area contributed by atoms with Crippen molar-refractivity contribution < 1.29 is 9.53 Å². The first-order valence-electron chi connectivity index (χ1n) is 6.04. The van der Waals surface area contributed by atoms with Gasteiger partial charge in [0.15, 0.2) is 0 Å². The highest BCUT2D eigenvalue weighted by Gasteiger charge is 2.31. The highest BCUT2D eigenvalue weighted by atomic mass is 79.9. The van der Waals surface area contributed by atoms with E-state index in [2.05, 4.69) is 38.2 Å². The Morgan fingerprint density at radius 3 is 3.16 bits per heavy atom. The summed E-state index contributed by atoms with van der Waals surface area (Å²) in [5, 5.41) is 9.76. The summed E-state index contributed by atoms with van der Waals surface area (Å²) in [6.45, 7) is 4.70. The Balaban J connectivity index is 1.92. The van der Waals surface area contributed by atoms with Crippen molar-refractivity contribution in [2.24, 2.45) is 7.05 Å². The van der Waals surface area contributed by atoms with E-state index in [1.807, 2.05) is 13.2 Å². The molecule has 104 valence electrons. The molecule has 1 aliphatic heterocycles. The van der Waals surface area contributed by atoms with Crippen LogP contribution in [0.15, 0.2) is 23.5 Å². The highest BCUT2D eigenvalue weighted by Crippen LogP contribution is 2.28. The third-order valence-electron chi connectivity index (χ3n) is 2.90. The van der Waals surface area contributed by atoms with E-state index >= 15 is 0 Å². The van der Waals surface area contributed by atoms with Gasteiger partial charge in [-0.15, -0.1) is 0 Å². The van der Waals surface area contributed by atoms with Gasteiger partial charge in [-0.05, 0) is 6.42 Å². The molecule has 1 aromatic heterocycles. The van der Waals surface area contributed by atoms with Gasteiger partial charge in [-0.1, -0.05) is 22.5 Å². The largest absolute Gasteiger partial charge is 0.371 e. The molecule has 2 N–H and O–H groups in total. The van der Waals surface area contributed by atoms with Gasteiger partial charge in [0.05, 0.1) is 18.8 Å². The quantitative estimate of drug-likeness (QED) is 0.879. The van der Waals surface area contributed by atoms with Crippen molar-refractivity contribution in [2.75, 3.05) is 13.2 Å². The number of carbonyl (C=O) groups excluding carboxylic acids is 1. The first kappa shape index (κ1) is 14.1. The molecule has 0 bridgehead atoms. The van der Waals surface area contributed by atoms with E-state index in [9.17, 15) is 4.79 Å². The predicted octanol–water partition coefficient (Wildman–Crippen LogP) is 1.46. The zero-order valence-electron chi connectivity index (χ0n) is 10.7. The first-order chi connectivity index (χ1) is 9.06. The molecular formula is C12H17BrN4O2. The Morgan fingerprint density at radius 1 is 1.74 bits per heavy atom. The van der Waals surface area contributed by atoms with Crippen molar-refractivity contribution in [1.82, 2.24) is 20.4 Å². The zero-order valence-corrected chi connectivity index (χ0v) is 12.3. The van der Waals surface area contributed by atoms with Crippen LogP contribution in [0.25, 0.3) is 0 Å². The summed E-state index contributed by atoms with van der Waals surface area (Å²) >= 11 is 3.19. The smallest absolute Gasteiger partial charge is 0.315 e. The van der Waals surface area contributed by atoms with E-state index < -0.39 is 0 Å². The van der Waals surface area contributed by atoms with E-state index in [1.54, 1.807) is 10.9 Å². The topological polar surface area (TPSA) is 68.2 Å². The van der Waals surface area contributed by atoms with Crippen molar-refractivity contribution in [3.05, 3.63) is 29.0 Å². The summed E-state index contributed by atoms with van der Waals surface area (Å²) in [7, 11) is 1.86. The number of aromatic nitrogens is 2. The van der Waals surface area contributed by atoms with Crippen molar-refractivity contribution in [3.63, 3.8) is 0 Å². The molecule has 0 aromatic carbocycles. The SMILES string of the molecule is C=C(Br)CNC(=O)N[C@H]1CCO[C@@H]1c1cnn(C)c1. The second-order valence-electron chi connectivity index (χ2n) is 4.48. The van der Waals surface area contributed by atoms with Crippen molar-refractivity contribution >= 4 is 22.0 Å². The fourth-order valence-electron chi connectivity index (χ4n) is 2.05. The monoisotopic (exact) mass is 328 g/mol. The number of hydrogen-bond acceptors (Lipinski definition) is 3. The third-order valence-corrected chi connectivity index (χ3v) is 3.18. The van der Waals surface area contributed by atoms with E-state index in [-0.39, 0.29) is 18.2 Å². The number of nitrogens with zero attached hydrogens (tertiary/aromatic N) is 2. The fraction of sp³-hybridized carbons (Fsp3) is 0.500. The molecular weight excluding hydrogens is 312 g/mol. The molecule has 2 amide bonds. The number of ether oxygens (including phenoxy) is 1. The van der Waals surface area contributed by atoms with Gasteiger partial charge in [-0.25, -0.2) is 4.79 Å². The lowest BCUT2D eigenvalue weighted by atomic mass is 10.1. The van der Waals surface area contributed by atoms with Gasteiger partial charge in [-0.2, -0.15) is 5.10 Å². The molecule has 19 heavy (non-hydrogen) atoms. The van der Waals surface area contributed by atoms with E-state index in [0.717, 1.165) is 16.5 Å². The maximum Gasteiger partial charge on any atom is 0.315 e. The third kappa shape index (κ3) is 3.81. The minimum absolute atomic E-state index is 0.0345. The molecule has 0 unspecified atom stereocenters. The minimum Gasteiger partial charge on any atom is -0.371 e. The fourth-order valence-corrected chi connectivity index (χ4v) is 2.19. The summed E-state index contributed by atoms with van der Waals surface area (Å²) in [4.78, 5) is 11.7. The predicted molar refractivity (Wildman–Crippen MR) is 74.9 cm³/mol. The number of hydrogen-bond donors (Lipinski definition) is 2. The first-order valence-corrected chi connectivity index (χ1v) is 6.83. The number of nitrogens with one attached hydrogen (secondary N) is 2. The normalized spacial score (nSPS) is 22.2. The van der Waals surface area contributed by atoms with Gasteiger partial charge in [0.1, 0.15) is 6.10 Å². The van der Waals surface area contributed by atoms with Crippen molar-refractivity contribution in [3.8, 4) is 0 Å². The summed E-state index contributed by atoms with van der Waals surface area (Å²) in [6.07, 6.45) is 4.33. The summed E-state index contributed by atoms with van der Waals surface area (Å²) in [6, 6.07) is -0.252. The summed E-state index contributed by atoms with van der Waals surface area (Å²) in [5.41, 5.74) is 0.982. The molecule has 7 heteroatoms. The molecule has 1 fully saturated rings. The van der Waals surface area contributed by atoms with Gasteiger partial charge < -0.3 is 15.4 Å². The van der Waals surface area contributed by atoms with Gasteiger partial charge in [0.25, 0.3) is 0 Å². The minimum atomic E-state index is -0.218. The Kier molecular flexibility index (Phi) is 4.60. The average molecular weight is 329 g/mol. The number of amides is 2. The number of aryl methyl sites for hydroxylation is 1. The average Bonchev–Trinajstić information content (AvgIpc) is 2.95. The Labute approximate surface area is 120 Å². The van der Waals surface area contributed by atoms with Gasteiger partial charge in [-0.3, -0.25) is 4.68 Å². The number of carbonyl (C=O) groups is 1. The second kappa shape index (κ2) is 6.21. The molecule has 0 radical (unpaired) electrons. The molecule has 0 saturated carbocycles. The number of rotatable bonds is 4. The van der Waals surface area contributed by atoms with E-state index in [4.69, 9.17) is 4.74 Å². The molecule has 1 aromatic rings. The maximum atomic E-state index is 11.7. The Morgan fingerprint density at radius 2 is 2.53 bits per heavy atom. The number of halogens is 1. The lowest BCUT2D eigenvalue weighted by Gasteiger charge is -2.19. The van der Waals surface area contributed by atoms with Gasteiger partial charge >= 0.3 is 6.03 Å². The van der Waals surface area contributed by atoms with Gasteiger partial charge in [0.2, 0.25) is 0 Å². The molecule has 2 atom stereocenters. The molecule has 0 spiro atoms. The Bertz CT molecular complexity index is 474. The van der Waals surface area contributed by atoms with E-state index in [1.165, 1.54) is 0 Å². The van der Waals surface area contributed by atoms with Crippen LogP contribution in [0.2, 0.25) is 0 Å². The van der Waals surface area contributed by atoms with Crippen LogP contribution in [0.1, 0.15) is 18.1 Å². The van der Waals surface area contributed by atoms with Crippen LogP contribution in [0, 0.1) is 0 Å². The number of urea groups is 1. The molecule has 1 saturated heterocycles. The molecule has 2 rings (SSSR count). The van der Waals surface area contributed by atoms with Crippen LogP contribution in [0.4, 0.5) is 4.79 Å². The summed E-state index contributed by atoms with van der Waals surface area (Å²) in [5.74, 6) is 0. The molecule has 1 aliphatic rings. The van der Waals surface area contributed by atoms with Crippen LogP contribution in [0.5, 0.6) is 0 Å². The lowest BCUT2D eigenvalue weighted by molar-refractivity contribution is 0.0999. The molecule has 6 nitrogen and oxygen atoms in total. The summed E-state index contributed by atoms with van der Waals surface area (Å²) < 4.78 is 8.12. The van der Waals surface area contributed by atoms with Gasteiger partial charge in [0, 0.05) is 29.9 Å². The van der Waals surface area contributed by atoms with Crippen LogP contribution >= 0.6 is 15.9 Å². The standard InChI is InChI=1S/C12H17BrN4O2/c1-8(13)5-14-12(18)16-10-3-4-19-11(10)9-6-15-17(2)7-9/h6-7,10-11H,1,3-5H2,2H3,(H2,14,16,18)/t10-,11+/m0/s1. The van der Waals surface area contributed by atoms with Crippen molar-refractivity contribution in [1.29, 1.82) is 0 Å². The lowest BCUT2D eigenvalue weighted by Crippen LogP contribution is -2.43. The zero-order chi connectivity index (χ0) is 13.8. The van der Waals surface area contributed by atoms with Crippen molar-refractivity contribution in [2.45, 2.75) is 18.6 Å².